The van der Waals surface area contributed by atoms with E-state index in [0.29, 0.717) is 36.0 Å². The lowest BCUT2D eigenvalue weighted by molar-refractivity contribution is -0.134. The van der Waals surface area contributed by atoms with Crippen LogP contribution in [0, 0.1) is 17.6 Å². The summed E-state index contributed by atoms with van der Waals surface area (Å²) < 4.78 is 7.50. The van der Waals surface area contributed by atoms with Gasteiger partial charge in [0.05, 0.1) is 13.0 Å². The van der Waals surface area contributed by atoms with E-state index in [1.807, 2.05) is 41.8 Å². The Morgan fingerprint density at radius 3 is 2.74 bits per heavy atom. The number of piperidine rings is 1. The van der Waals surface area contributed by atoms with Crippen molar-refractivity contribution in [2.75, 3.05) is 25.5 Å². The summed E-state index contributed by atoms with van der Waals surface area (Å²) in [5.41, 5.74) is 1.90. The third-order valence-corrected chi connectivity index (χ3v) is 6.27. The molecule has 3 aromatic rings. The van der Waals surface area contributed by atoms with Gasteiger partial charge in [0.25, 0.3) is 0 Å². The normalized spacial score (nSPS) is 15.7. The smallest absolute Gasteiger partial charge is 0.230 e. The van der Waals surface area contributed by atoms with E-state index < -0.39 is 0 Å². The van der Waals surface area contributed by atoms with Crippen LogP contribution in [-0.2, 0) is 16.1 Å². The van der Waals surface area contributed by atoms with Gasteiger partial charge in [0.2, 0.25) is 11.8 Å². The van der Waals surface area contributed by atoms with Crippen LogP contribution in [0.2, 0.25) is 0 Å². The van der Waals surface area contributed by atoms with Gasteiger partial charge in [0, 0.05) is 37.8 Å². The van der Waals surface area contributed by atoms with Gasteiger partial charge in [-0.2, -0.15) is 5.10 Å². The van der Waals surface area contributed by atoms with Crippen molar-refractivity contribution in [3.8, 4) is 17.1 Å². The average Bonchev–Trinajstić information content (AvgIpc) is 3.24. The van der Waals surface area contributed by atoms with E-state index in [2.05, 4.69) is 20.5 Å². The number of aromatic nitrogens is 4. The highest BCUT2D eigenvalue weighted by atomic mass is 32.1. The van der Waals surface area contributed by atoms with Gasteiger partial charge < -0.3 is 15.0 Å². The number of nitrogens with zero attached hydrogens (tertiary/aromatic N) is 4. The summed E-state index contributed by atoms with van der Waals surface area (Å²) in [6.45, 7) is 3.39. The van der Waals surface area contributed by atoms with Gasteiger partial charge in [-0.25, -0.2) is 4.98 Å². The van der Waals surface area contributed by atoms with Crippen molar-refractivity contribution in [3.05, 3.63) is 52.9 Å². The number of amides is 2. The Morgan fingerprint density at radius 1 is 1.24 bits per heavy atom. The number of anilines is 1. The Labute approximate surface area is 203 Å². The molecule has 1 atom stereocenters. The zero-order valence-corrected chi connectivity index (χ0v) is 20.1. The van der Waals surface area contributed by atoms with E-state index in [1.165, 1.54) is 0 Å². The molecular weight excluding hydrogens is 452 g/mol. The molecule has 1 fully saturated rings. The number of nitrogens with one attached hydrogen (secondary N) is 2. The van der Waals surface area contributed by atoms with Crippen molar-refractivity contribution in [1.29, 1.82) is 0 Å². The van der Waals surface area contributed by atoms with Crippen molar-refractivity contribution in [1.82, 2.24) is 24.6 Å². The average molecular weight is 481 g/mol. The Morgan fingerprint density at radius 2 is 2.03 bits per heavy atom. The van der Waals surface area contributed by atoms with E-state index in [9.17, 15) is 9.59 Å². The molecule has 2 N–H and O–H groups in total. The van der Waals surface area contributed by atoms with E-state index in [4.69, 9.17) is 17.0 Å². The van der Waals surface area contributed by atoms with E-state index in [0.717, 1.165) is 29.7 Å². The van der Waals surface area contributed by atoms with Gasteiger partial charge in [-0.3, -0.25) is 19.3 Å². The molecule has 10 heteroatoms. The molecule has 34 heavy (non-hydrogen) atoms. The zero-order chi connectivity index (χ0) is 24.1. The number of H-pyrrole nitrogens is 1. The minimum absolute atomic E-state index is 0.00487. The molecule has 1 aliphatic rings. The molecule has 1 saturated heterocycles. The fourth-order valence-electron chi connectivity index (χ4n) is 4.04. The van der Waals surface area contributed by atoms with Crippen LogP contribution in [-0.4, -0.2) is 56.7 Å². The van der Waals surface area contributed by atoms with Crippen molar-refractivity contribution in [2.24, 2.45) is 5.92 Å². The molecule has 9 nitrogen and oxygen atoms in total. The van der Waals surface area contributed by atoms with Gasteiger partial charge in [-0.05, 0) is 67.9 Å². The number of benzene rings is 1. The molecule has 1 unspecified atom stereocenters. The summed E-state index contributed by atoms with van der Waals surface area (Å²) in [4.78, 5) is 31.7. The zero-order valence-electron chi connectivity index (χ0n) is 19.3. The predicted octanol–water partition coefficient (Wildman–Crippen LogP) is 3.59. The van der Waals surface area contributed by atoms with Gasteiger partial charge in [0.15, 0.2) is 10.6 Å². The number of rotatable bonds is 7. The number of likely N-dealkylation sites (tertiary alicyclic amines) is 1. The fourth-order valence-corrected chi connectivity index (χ4v) is 4.26. The first-order valence-corrected chi connectivity index (χ1v) is 11.7. The van der Waals surface area contributed by atoms with Gasteiger partial charge in [0.1, 0.15) is 11.6 Å². The number of ether oxygens (including phenoxy) is 1. The third kappa shape index (κ3) is 5.51. The Balaban J connectivity index is 1.36. The summed E-state index contributed by atoms with van der Waals surface area (Å²) in [5.74, 6) is 1.58. The molecule has 4 rings (SSSR count). The molecule has 0 bridgehead atoms. The molecule has 0 aliphatic carbocycles. The maximum Gasteiger partial charge on any atom is 0.230 e. The van der Waals surface area contributed by atoms with E-state index >= 15 is 0 Å². The molecule has 1 aliphatic heterocycles. The van der Waals surface area contributed by atoms with E-state index in [-0.39, 0.29) is 24.2 Å². The molecule has 0 spiro atoms. The second kappa shape index (κ2) is 10.6. The van der Waals surface area contributed by atoms with Crippen molar-refractivity contribution in [2.45, 2.75) is 32.7 Å². The summed E-state index contributed by atoms with van der Waals surface area (Å²) in [6, 6.07) is 11.2. The number of aromatic amines is 1. The molecule has 2 amide bonds. The Bertz CT molecular complexity index is 1200. The van der Waals surface area contributed by atoms with Crippen LogP contribution in [0.5, 0.6) is 5.75 Å². The molecule has 178 valence electrons. The highest BCUT2D eigenvalue weighted by Gasteiger charge is 2.28. The number of aryl methyl sites for hydroxylation is 1. The van der Waals surface area contributed by atoms with Gasteiger partial charge in [-0.15, -0.1) is 0 Å². The SMILES string of the molecule is COc1ccc(-c2n[nH]c(=S)n2CCC(=O)N2CCCC(C(=O)Nc3ccc(C)cn3)C2)cc1. The number of hydrogen-bond acceptors (Lipinski definition) is 6. The number of hydrogen-bond donors (Lipinski definition) is 2. The summed E-state index contributed by atoms with van der Waals surface area (Å²) in [7, 11) is 1.62. The standard InChI is InChI=1S/C24H28N6O3S/c1-16-5-10-20(25-14-16)26-23(32)18-4-3-12-29(15-18)21(31)11-13-30-22(27-28-24(30)34)17-6-8-19(33-2)9-7-17/h5-10,14,18H,3-4,11-13,15H2,1-2H3,(H,28,34)(H,25,26,32). The summed E-state index contributed by atoms with van der Waals surface area (Å²) >= 11 is 5.39. The van der Waals surface area contributed by atoms with Crippen LogP contribution < -0.4 is 10.1 Å². The third-order valence-electron chi connectivity index (χ3n) is 5.96. The molecule has 3 heterocycles. The fraction of sp³-hybridized carbons (Fsp3) is 0.375. The maximum absolute atomic E-state index is 13.0. The number of carbonyl (C=O) groups excluding carboxylic acids is 2. The van der Waals surface area contributed by atoms with Crippen LogP contribution in [0.15, 0.2) is 42.6 Å². The molecule has 1 aromatic carbocycles. The molecule has 0 saturated carbocycles. The highest BCUT2D eigenvalue weighted by Crippen LogP contribution is 2.22. The molecule has 0 radical (unpaired) electrons. The lowest BCUT2D eigenvalue weighted by Gasteiger charge is -2.32. The second-order valence-electron chi connectivity index (χ2n) is 8.37. The summed E-state index contributed by atoms with van der Waals surface area (Å²) in [6.07, 6.45) is 3.52. The van der Waals surface area contributed by atoms with Crippen LogP contribution >= 0.6 is 12.2 Å². The minimum atomic E-state index is -0.258. The van der Waals surface area contributed by atoms with Gasteiger partial charge in [-0.1, -0.05) is 6.07 Å². The first kappa shape index (κ1) is 23.6. The number of methoxy groups -OCH3 is 1. The first-order chi connectivity index (χ1) is 16.4. The van der Waals surface area contributed by atoms with Crippen LogP contribution in [0.1, 0.15) is 24.8 Å². The van der Waals surface area contributed by atoms with Crippen LogP contribution in [0.25, 0.3) is 11.4 Å². The Hall–Kier alpha value is -3.53. The lowest BCUT2D eigenvalue weighted by atomic mass is 9.97. The van der Waals surface area contributed by atoms with Gasteiger partial charge >= 0.3 is 0 Å². The minimum Gasteiger partial charge on any atom is -0.497 e. The summed E-state index contributed by atoms with van der Waals surface area (Å²) in [5, 5.41) is 10.0. The van der Waals surface area contributed by atoms with Crippen molar-refractivity contribution >= 4 is 29.9 Å². The maximum atomic E-state index is 13.0. The van der Waals surface area contributed by atoms with E-state index in [1.54, 1.807) is 24.3 Å². The van der Waals surface area contributed by atoms with Crippen LogP contribution in [0.3, 0.4) is 0 Å². The number of carbonyl (C=O) groups is 2. The van der Waals surface area contributed by atoms with Crippen LogP contribution in [0.4, 0.5) is 5.82 Å². The lowest BCUT2D eigenvalue weighted by Crippen LogP contribution is -2.44. The first-order valence-electron chi connectivity index (χ1n) is 11.3. The molecule has 2 aromatic heterocycles. The largest absolute Gasteiger partial charge is 0.497 e. The van der Waals surface area contributed by atoms with Crippen molar-refractivity contribution < 1.29 is 14.3 Å². The monoisotopic (exact) mass is 480 g/mol. The second-order valence-corrected chi connectivity index (χ2v) is 8.76. The predicted molar refractivity (Wildman–Crippen MR) is 131 cm³/mol. The van der Waals surface area contributed by atoms with Crippen molar-refractivity contribution in [3.63, 3.8) is 0 Å². The Kier molecular flexibility index (Phi) is 7.36. The highest BCUT2D eigenvalue weighted by molar-refractivity contribution is 7.71. The molecular formula is C24H28N6O3S. The topological polar surface area (TPSA) is 105 Å². The number of pyridine rings is 1. The quantitative estimate of drug-likeness (QED) is 0.501.